The Labute approximate surface area is 242 Å². The van der Waals surface area contributed by atoms with E-state index in [4.69, 9.17) is 4.74 Å². The summed E-state index contributed by atoms with van der Waals surface area (Å²) < 4.78 is 5.40. The smallest absolute Gasteiger partial charge is 0.407 e. The van der Waals surface area contributed by atoms with Crippen LogP contribution in [0.4, 0.5) is 9.59 Å². The number of hydrogen-bond donors (Lipinski definition) is 4. The lowest BCUT2D eigenvalue weighted by Gasteiger charge is -2.29. The molecule has 5 unspecified atom stereocenters. The van der Waals surface area contributed by atoms with Crippen LogP contribution in [-0.2, 0) is 22.6 Å². The first-order valence-corrected chi connectivity index (χ1v) is 15.5. The molecular weight excluding hydrogens is 549 g/mol. The minimum Gasteiger partial charge on any atom is -0.444 e. The van der Waals surface area contributed by atoms with E-state index in [9.17, 15) is 19.5 Å². The van der Waals surface area contributed by atoms with Crippen molar-refractivity contribution in [1.82, 2.24) is 25.8 Å². The lowest BCUT2D eigenvalue weighted by molar-refractivity contribution is -0.124. The first-order valence-electron chi connectivity index (χ1n) is 13.9. The van der Waals surface area contributed by atoms with Crippen molar-refractivity contribution in [3.05, 3.63) is 52.5 Å². The van der Waals surface area contributed by atoms with E-state index in [0.29, 0.717) is 38.8 Å². The van der Waals surface area contributed by atoms with Gasteiger partial charge in [-0.3, -0.25) is 9.78 Å². The zero-order valence-corrected chi connectivity index (χ0v) is 25.1. The lowest BCUT2D eigenvalue weighted by Crippen LogP contribution is -2.55. The molecular formula is C28H42N5O5PS. The third-order valence-corrected chi connectivity index (χ3v) is 7.81. The Morgan fingerprint density at radius 2 is 1.80 bits per heavy atom. The molecule has 1 saturated heterocycles. The predicted octanol–water partition coefficient (Wildman–Crippen LogP) is 3.46. The van der Waals surface area contributed by atoms with E-state index < -0.39 is 24.6 Å². The Kier molecular flexibility index (Phi) is 13.6. The van der Waals surface area contributed by atoms with Crippen LogP contribution >= 0.6 is 20.6 Å². The van der Waals surface area contributed by atoms with E-state index in [1.54, 1.807) is 16.6 Å². The topological polar surface area (TPSA) is 133 Å². The van der Waals surface area contributed by atoms with Crippen LogP contribution in [0.15, 0.2) is 42.0 Å². The Balaban J connectivity index is 1.59. The number of alkyl carbamates (subject to hydrolysis) is 1. The average molecular weight is 592 g/mol. The molecule has 1 aromatic heterocycles. The molecule has 3 rings (SSSR count). The molecule has 220 valence electrons. The van der Waals surface area contributed by atoms with Crippen LogP contribution in [0.1, 0.15) is 55.9 Å². The second-order valence-corrected chi connectivity index (χ2v) is 12.4. The van der Waals surface area contributed by atoms with Crippen molar-refractivity contribution in [3.63, 3.8) is 0 Å². The summed E-state index contributed by atoms with van der Waals surface area (Å²) in [5, 5.41) is 18.6. The number of aliphatic hydroxyl groups excluding tert-OH is 1. The van der Waals surface area contributed by atoms with Gasteiger partial charge < -0.3 is 30.7 Å². The molecule has 4 N–H and O–H groups in total. The number of aromatic nitrogens is 1. The van der Waals surface area contributed by atoms with E-state index in [1.165, 1.54) is 11.3 Å². The number of nitrogens with zero attached hydrogens (tertiary/aromatic N) is 2. The third-order valence-electron chi connectivity index (χ3n) is 6.78. The fraction of sp³-hybridized carbons (Fsp3) is 0.571. The van der Waals surface area contributed by atoms with Gasteiger partial charge in [0.25, 0.3) is 0 Å². The number of amides is 4. The van der Waals surface area contributed by atoms with Gasteiger partial charge in [-0.1, -0.05) is 37.3 Å². The summed E-state index contributed by atoms with van der Waals surface area (Å²) in [6.45, 7) is 3.02. The highest BCUT2D eigenvalue weighted by Gasteiger charge is 2.27. The van der Waals surface area contributed by atoms with E-state index in [2.05, 4.69) is 30.2 Å². The Hall–Kier alpha value is -2.75. The SMILES string of the molecule is CC(P)CC(CCC(Cc1ccccc1)NC(=O)OCc1cncs1)NC(=O)C(CO)NC(=O)N1CCCCC1. The highest BCUT2D eigenvalue weighted by molar-refractivity contribution is 7.17. The molecule has 12 heteroatoms. The quantitative estimate of drug-likeness (QED) is 0.249. The third kappa shape index (κ3) is 11.4. The molecule has 1 aromatic carbocycles. The monoisotopic (exact) mass is 591 g/mol. The number of nitrogens with one attached hydrogen (secondary N) is 3. The number of piperidine rings is 1. The minimum absolute atomic E-state index is 0.156. The van der Waals surface area contributed by atoms with E-state index in [-0.39, 0.29) is 30.4 Å². The number of hydrogen-bond acceptors (Lipinski definition) is 7. The molecule has 0 saturated carbocycles. The molecule has 1 fully saturated rings. The first-order chi connectivity index (χ1) is 19.3. The van der Waals surface area contributed by atoms with Crippen LogP contribution in [0, 0.1) is 0 Å². The number of benzene rings is 1. The van der Waals surface area contributed by atoms with Gasteiger partial charge in [0, 0.05) is 31.4 Å². The van der Waals surface area contributed by atoms with Gasteiger partial charge in [-0.25, -0.2) is 9.59 Å². The molecule has 4 amide bonds. The zero-order chi connectivity index (χ0) is 28.7. The van der Waals surface area contributed by atoms with Crippen LogP contribution in [0.3, 0.4) is 0 Å². The summed E-state index contributed by atoms with van der Waals surface area (Å²) >= 11 is 1.42. The molecule has 0 bridgehead atoms. The highest BCUT2D eigenvalue weighted by atomic mass is 32.1. The molecule has 0 spiro atoms. The van der Waals surface area contributed by atoms with Crippen LogP contribution < -0.4 is 16.0 Å². The normalized spacial score (nSPS) is 16.3. The highest BCUT2D eigenvalue weighted by Crippen LogP contribution is 2.16. The van der Waals surface area contributed by atoms with Gasteiger partial charge in [-0.2, -0.15) is 0 Å². The fourth-order valence-corrected chi connectivity index (χ4v) is 5.55. The van der Waals surface area contributed by atoms with Crippen LogP contribution in [0.5, 0.6) is 0 Å². The summed E-state index contributed by atoms with van der Waals surface area (Å²) in [7, 11) is 2.75. The van der Waals surface area contributed by atoms with Crippen molar-refractivity contribution in [1.29, 1.82) is 0 Å². The number of thiazole rings is 1. The van der Waals surface area contributed by atoms with E-state index >= 15 is 0 Å². The molecule has 0 radical (unpaired) electrons. The number of carbonyl (C=O) groups excluding carboxylic acids is 3. The van der Waals surface area contributed by atoms with Gasteiger partial charge in [0.15, 0.2) is 0 Å². The number of carbonyl (C=O) groups is 3. The first kappa shape index (κ1) is 31.8. The van der Waals surface area contributed by atoms with Gasteiger partial charge >= 0.3 is 12.1 Å². The molecule has 10 nitrogen and oxygen atoms in total. The maximum absolute atomic E-state index is 13.1. The molecule has 2 aromatic rings. The van der Waals surface area contributed by atoms with Crippen LogP contribution in [-0.4, -0.2) is 76.5 Å². The predicted molar refractivity (Wildman–Crippen MR) is 159 cm³/mol. The van der Waals surface area contributed by atoms with Gasteiger partial charge in [-0.05, 0) is 56.2 Å². The molecule has 0 aliphatic carbocycles. The van der Waals surface area contributed by atoms with Gasteiger partial charge in [-0.15, -0.1) is 20.6 Å². The molecule has 2 heterocycles. The second kappa shape index (κ2) is 17.1. The largest absolute Gasteiger partial charge is 0.444 e. The Morgan fingerprint density at radius 3 is 2.45 bits per heavy atom. The number of aliphatic hydroxyl groups is 1. The molecule has 5 atom stereocenters. The van der Waals surface area contributed by atoms with Crippen molar-refractivity contribution >= 4 is 38.6 Å². The van der Waals surface area contributed by atoms with Crippen LogP contribution in [0.25, 0.3) is 0 Å². The average Bonchev–Trinajstić information content (AvgIpc) is 3.48. The summed E-state index contributed by atoms with van der Waals surface area (Å²) in [6, 6.07) is 8.10. The van der Waals surface area contributed by atoms with Gasteiger partial charge in [0.2, 0.25) is 5.91 Å². The Bertz CT molecular complexity index is 1040. The maximum Gasteiger partial charge on any atom is 0.407 e. The van der Waals surface area contributed by atoms with E-state index in [0.717, 1.165) is 29.7 Å². The Morgan fingerprint density at radius 1 is 1.07 bits per heavy atom. The van der Waals surface area contributed by atoms with Gasteiger partial charge in [0.1, 0.15) is 12.6 Å². The summed E-state index contributed by atoms with van der Waals surface area (Å²) in [5.74, 6) is -0.417. The number of rotatable bonds is 14. The molecule has 1 aliphatic heterocycles. The fourth-order valence-electron chi connectivity index (χ4n) is 4.72. The number of likely N-dealkylation sites (tertiary alicyclic amines) is 1. The number of ether oxygens (including phenoxy) is 1. The summed E-state index contributed by atoms with van der Waals surface area (Å²) in [5.41, 5.74) is 3.00. The minimum atomic E-state index is -1.03. The second-order valence-electron chi connectivity index (χ2n) is 10.3. The number of urea groups is 1. The van der Waals surface area contributed by atoms with Crippen molar-refractivity contribution < 1.29 is 24.2 Å². The maximum atomic E-state index is 13.1. The molecule has 1 aliphatic rings. The van der Waals surface area contributed by atoms with Crippen LogP contribution in [0.2, 0.25) is 0 Å². The summed E-state index contributed by atoms with van der Waals surface area (Å²) in [4.78, 5) is 44.9. The van der Waals surface area contributed by atoms with Crippen molar-refractivity contribution in [2.75, 3.05) is 19.7 Å². The van der Waals surface area contributed by atoms with Crippen molar-refractivity contribution in [2.24, 2.45) is 0 Å². The van der Waals surface area contributed by atoms with Crippen molar-refractivity contribution in [3.8, 4) is 0 Å². The van der Waals surface area contributed by atoms with E-state index in [1.807, 2.05) is 37.3 Å². The standard InChI is InChI=1S/C28H42N5O5PS/c1-20(39)14-22(30-26(35)25(17-34)32-27(36)33-12-6-3-7-13-33)10-11-23(15-21-8-4-2-5-9-21)31-28(37)38-18-24-16-29-19-40-24/h2,4-5,8-9,16,19-20,22-23,25,34H,3,6-7,10-15,17-18,39H2,1H3,(H,30,35)(H,31,37)(H,32,36). The van der Waals surface area contributed by atoms with Gasteiger partial charge in [0.05, 0.1) is 17.0 Å². The molecule has 40 heavy (non-hydrogen) atoms. The summed E-state index contributed by atoms with van der Waals surface area (Å²) in [6.07, 6.45) is 6.61. The lowest BCUT2D eigenvalue weighted by atomic mass is 9.97. The zero-order valence-electron chi connectivity index (χ0n) is 23.1. The van der Waals surface area contributed by atoms with Crippen molar-refractivity contribution in [2.45, 2.75) is 82.3 Å².